The first-order valence-electron chi connectivity index (χ1n) is 6.37. The van der Waals surface area contributed by atoms with Gasteiger partial charge in [-0.2, -0.15) is 0 Å². The highest BCUT2D eigenvalue weighted by Crippen LogP contribution is 2.24. The Hall–Kier alpha value is -2.27. The number of benzene rings is 1. The molecule has 0 radical (unpaired) electrons. The Morgan fingerprint density at radius 1 is 1.35 bits per heavy atom. The minimum atomic E-state index is -0.209. The lowest BCUT2D eigenvalue weighted by atomic mass is 10.2. The largest absolute Gasteiger partial charge is 0.508 e. The molecule has 0 fully saturated rings. The van der Waals surface area contributed by atoms with E-state index in [1.54, 1.807) is 38.3 Å². The third-order valence-electron chi connectivity index (χ3n) is 3.15. The first-order valence-corrected chi connectivity index (χ1v) is 6.37. The zero-order valence-electron chi connectivity index (χ0n) is 11.6. The maximum atomic E-state index is 12.3. The van der Waals surface area contributed by atoms with Crippen molar-refractivity contribution in [1.82, 2.24) is 4.57 Å². The lowest BCUT2D eigenvalue weighted by Crippen LogP contribution is -2.18. The second-order valence-electron chi connectivity index (χ2n) is 4.48. The van der Waals surface area contributed by atoms with Crippen molar-refractivity contribution >= 4 is 11.6 Å². The van der Waals surface area contributed by atoms with E-state index in [1.807, 2.05) is 16.8 Å². The summed E-state index contributed by atoms with van der Waals surface area (Å²) in [5, 5.41) is 12.5. The summed E-state index contributed by atoms with van der Waals surface area (Å²) in [4.78, 5) is 12.3. The summed E-state index contributed by atoms with van der Waals surface area (Å²) in [6.07, 6.45) is 1.84. The fraction of sp³-hybridized carbons (Fsp3) is 0.267. The van der Waals surface area contributed by atoms with Crippen LogP contribution in [0.25, 0.3) is 0 Å². The summed E-state index contributed by atoms with van der Waals surface area (Å²) >= 11 is 0. The number of nitrogens with one attached hydrogen (secondary N) is 1. The van der Waals surface area contributed by atoms with Crippen LogP contribution in [0.2, 0.25) is 0 Å². The SMILES string of the molecule is COCCn1cccc1C(=O)Nc1cccc(O)c1C. The molecule has 20 heavy (non-hydrogen) atoms. The van der Waals surface area contributed by atoms with Crippen molar-refractivity contribution in [2.75, 3.05) is 19.0 Å². The number of hydrogen-bond acceptors (Lipinski definition) is 3. The molecule has 1 aromatic carbocycles. The molecule has 5 heteroatoms. The number of carbonyl (C=O) groups is 1. The number of carbonyl (C=O) groups excluding carboxylic acids is 1. The van der Waals surface area contributed by atoms with Gasteiger partial charge in [-0.1, -0.05) is 6.07 Å². The molecule has 0 saturated heterocycles. The van der Waals surface area contributed by atoms with E-state index in [2.05, 4.69) is 5.32 Å². The van der Waals surface area contributed by atoms with Crippen LogP contribution in [0.5, 0.6) is 5.75 Å². The van der Waals surface area contributed by atoms with E-state index >= 15 is 0 Å². The van der Waals surface area contributed by atoms with Crippen molar-refractivity contribution in [3.05, 3.63) is 47.8 Å². The van der Waals surface area contributed by atoms with E-state index in [0.29, 0.717) is 30.1 Å². The predicted octanol–water partition coefficient (Wildman–Crippen LogP) is 2.40. The number of amides is 1. The van der Waals surface area contributed by atoms with Gasteiger partial charge in [-0.3, -0.25) is 4.79 Å². The molecule has 0 spiro atoms. The van der Waals surface area contributed by atoms with Crippen molar-refractivity contribution in [1.29, 1.82) is 0 Å². The molecule has 2 aromatic rings. The topological polar surface area (TPSA) is 63.5 Å². The number of anilines is 1. The Kier molecular flexibility index (Phi) is 4.42. The van der Waals surface area contributed by atoms with Crippen molar-refractivity contribution < 1.29 is 14.6 Å². The van der Waals surface area contributed by atoms with E-state index in [9.17, 15) is 9.90 Å². The zero-order valence-corrected chi connectivity index (χ0v) is 11.6. The highest BCUT2D eigenvalue weighted by atomic mass is 16.5. The molecule has 1 aromatic heterocycles. The van der Waals surface area contributed by atoms with Crippen LogP contribution in [-0.2, 0) is 11.3 Å². The number of phenols is 1. The van der Waals surface area contributed by atoms with Gasteiger partial charge in [-0.25, -0.2) is 0 Å². The summed E-state index contributed by atoms with van der Waals surface area (Å²) in [7, 11) is 1.62. The van der Waals surface area contributed by atoms with Crippen LogP contribution in [-0.4, -0.2) is 29.3 Å². The van der Waals surface area contributed by atoms with Gasteiger partial charge in [0.1, 0.15) is 11.4 Å². The third-order valence-corrected chi connectivity index (χ3v) is 3.15. The number of hydrogen-bond donors (Lipinski definition) is 2. The number of nitrogens with zero attached hydrogens (tertiary/aromatic N) is 1. The minimum Gasteiger partial charge on any atom is -0.508 e. The average Bonchev–Trinajstić information content (AvgIpc) is 2.90. The van der Waals surface area contributed by atoms with Crippen LogP contribution in [0.15, 0.2) is 36.5 Å². The molecule has 1 amide bonds. The summed E-state index contributed by atoms with van der Waals surface area (Å²) in [5.74, 6) is -0.0441. The zero-order chi connectivity index (χ0) is 14.5. The Bertz CT molecular complexity index is 605. The van der Waals surface area contributed by atoms with E-state index in [0.717, 1.165) is 0 Å². The minimum absolute atomic E-state index is 0.164. The van der Waals surface area contributed by atoms with Crippen LogP contribution < -0.4 is 5.32 Å². The second-order valence-corrected chi connectivity index (χ2v) is 4.48. The van der Waals surface area contributed by atoms with Crippen LogP contribution in [0.3, 0.4) is 0 Å². The number of ether oxygens (including phenoxy) is 1. The fourth-order valence-electron chi connectivity index (χ4n) is 1.95. The predicted molar refractivity (Wildman–Crippen MR) is 77.1 cm³/mol. The number of methoxy groups -OCH3 is 1. The van der Waals surface area contributed by atoms with Crippen molar-refractivity contribution in [3.8, 4) is 5.75 Å². The van der Waals surface area contributed by atoms with Gasteiger partial charge in [0.15, 0.2) is 0 Å². The van der Waals surface area contributed by atoms with Gasteiger partial charge in [-0.05, 0) is 31.2 Å². The van der Waals surface area contributed by atoms with E-state index in [-0.39, 0.29) is 11.7 Å². The number of phenolic OH excluding ortho intramolecular Hbond substituents is 1. The quantitative estimate of drug-likeness (QED) is 0.880. The molecular formula is C15H18N2O3. The van der Waals surface area contributed by atoms with Crippen molar-refractivity contribution in [2.45, 2.75) is 13.5 Å². The Labute approximate surface area is 117 Å². The normalized spacial score (nSPS) is 10.5. The Morgan fingerprint density at radius 2 is 2.15 bits per heavy atom. The molecule has 0 bridgehead atoms. The first kappa shape index (κ1) is 14.1. The molecule has 2 rings (SSSR count). The van der Waals surface area contributed by atoms with Gasteiger partial charge in [0, 0.05) is 31.1 Å². The highest BCUT2D eigenvalue weighted by Gasteiger charge is 2.12. The number of aromatic nitrogens is 1. The van der Waals surface area contributed by atoms with Crippen molar-refractivity contribution in [3.63, 3.8) is 0 Å². The number of rotatable bonds is 5. The highest BCUT2D eigenvalue weighted by molar-refractivity contribution is 6.03. The summed E-state index contributed by atoms with van der Waals surface area (Å²) in [6.45, 7) is 2.92. The summed E-state index contributed by atoms with van der Waals surface area (Å²) in [6, 6.07) is 8.62. The third kappa shape index (κ3) is 3.00. The molecular weight excluding hydrogens is 256 g/mol. The number of aromatic hydroxyl groups is 1. The second kappa shape index (κ2) is 6.25. The van der Waals surface area contributed by atoms with Crippen LogP contribution >= 0.6 is 0 Å². The molecule has 0 saturated carbocycles. The molecule has 0 unspecified atom stereocenters. The smallest absolute Gasteiger partial charge is 0.272 e. The molecule has 0 aliphatic rings. The summed E-state index contributed by atoms with van der Waals surface area (Å²) < 4.78 is 6.85. The fourth-order valence-corrected chi connectivity index (χ4v) is 1.95. The molecule has 0 atom stereocenters. The first-order chi connectivity index (χ1) is 9.63. The van der Waals surface area contributed by atoms with Gasteiger partial charge >= 0.3 is 0 Å². The van der Waals surface area contributed by atoms with Gasteiger partial charge in [0.25, 0.3) is 5.91 Å². The lowest BCUT2D eigenvalue weighted by molar-refractivity contribution is 0.101. The van der Waals surface area contributed by atoms with Gasteiger partial charge in [0.05, 0.1) is 6.61 Å². The van der Waals surface area contributed by atoms with E-state index < -0.39 is 0 Å². The lowest BCUT2D eigenvalue weighted by Gasteiger charge is -2.11. The summed E-state index contributed by atoms with van der Waals surface area (Å²) in [5.41, 5.74) is 1.81. The molecule has 2 N–H and O–H groups in total. The maximum absolute atomic E-state index is 12.3. The van der Waals surface area contributed by atoms with E-state index in [4.69, 9.17) is 4.74 Å². The van der Waals surface area contributed by atoms with E-state index in [1.165, 1.54) is 0 Å². The Balaban J connectivity index is 2.16. The molecule has 0 aliphatic carbocycles. The average molecular weight is 274 g/mol. The standard InChI is InChI=1S/C15H18N2O3/c1-11-12(5-3-7-14(11)18)16-15(19)13-6-4-8-17(13)9-10-20-2/h3-8,18H,9-10H2,1-2H3,(H,16,19). The Morgan fingerprint density at radius 3 is 2.90 bits per heavy atom. The molecule has 106 valence electrons. The van der Waals surface area contributed by atoms with Crippen LogP contribution in [0.4, 0.5) is 5.69 Å². The van der Waals surface area contributed by atoms with Gasteiger partial charge in [0.2, 0.25) is 0 Å². The molecule has 5 nitrogen and oxygen atoms in total. The van der Waals surface area contributed by atoms with Gasteiger partial charge < -0.3 is 19.7 Å². The molecule has 0 aliphatic heterocycles. The van der Waals surface area contributed by atoms with Gasteiger partial charge in [-0.15, -0.1) is 0 Å². The van der Waals surface area contributed by atoms with Crippen LogP contribution in [0, 0.1) is 6.92 Å². The molecule has 1 heterocycles. The maximum Gasteiger partial charge on any atom is 0.272 e. The monoisotopic (exact) mass is 274 g/mol. The van der Waals surface area contributed by atoms with Crippen molar-refractivity contribution in [2.24, 2.45) is 0 Å². The van der Waals surface area contributed by atoms with Crippen LogP contribution in [0.1, 0.15) is 16.1 Å².